The van der Waals surface area contributed by atoms with E-state index in [1.165, 1.54) is 0 Å². The summed E-state index contributed by atoms with van der Waals surface area (Å²) in [7, 11) is 0. The van der Waals surface area contributed by atoms with E-state index in [0.717, 1.165) is 36.6 Å². The number of nitrogens with zero attached hydrogens (tertiary/aromatic N) is 3. The van der Waals surface area contributed by atoms with Crippen molar-refractivity contribution >= 4 is 5.84 Å². The second-order valence-electron chi connectivity index (χ2n) is 4.67. The average molecular weight is 268 g/mol. The Kier molecular flexibility index (Phi) is 3.58. The quantitative estimate of drug-likeness (QED) is 0.889. The molecule has 1 aromatic heterocycles. The second-order valence-corrected chi connectivity index (χ2v) is 4.67. The summed E-state index contributed by atoms with van der Waals surface area (Å²) < 4.78 is 0. The normalized spacial score (nSPS) is 16.1. The molecule has 1 unspecified atom stereocenters. The summed E-state index contributed by atoms with van der Waals surface area (Å²) in [4.78, 5) is 13.1. The minimum atomic E-state index is -0.204. The molecule has 0 amide bonds. The molecule has 0 radical (unpaired) electrons. The highest BCUT2D eigenvalue weighted by Crippen LogP contribution is 2.30. The molecule has 0 saturated carbocycles. The Balaban J connectivity index is 2.09. The zero-order valence-corrected chi connectivity index (χ0v) is 11.0. The van der Waals surface area contributed by atoms with Crippen LogP contribution in [0.1, 0.15) is 23.6 Å². The Morgan fingerprint density at radius 2 is 2.10 bits per heavy atom. The average Bonchev–Trinajstić information content (AvgIpc) is 2.52. The first-order valence-corrected chi connectivity index (χ1v) is 6.68. The Morgan fingerprint density at radius 1 is 1.20 bits per heavy atom. The molecule has 0 spiro atoms. The first kappa shape index (κ1) is 12.6. The van der Waals surface area contributed by atoms with Crippen molar-refractivity contribution in [1.82, 2.24) is 15.3 Å². The van der Waals surface area contributed by atoms with Gasteiger partial charge in [-0.2, -0.15) is 0 Å². The number of aromatic hydroxyl groups is 1. The molecule has 5 nitrogen and oxygen atoms in total. The molecular formula is C15H16N4O. The molecule has 0 fully saturated rings. The smallest absolute Gasteiger partial charge is 0.119 e. The van der Waals surface area contributed by atoms with Crippen molar-refractivity contribution in [2.45, 2.75) is 12.3 Å². The first-order valence-electron chi connectivity index (χ1n) is 6.68. The molecule has 1 aromatic carbocycles. The molecule has 2 aromatic rings. The van der Waals surface area contributed by atoms with Crippen LogP contribution < -0.4 is 5.32 Å². The third kappa shape index (κ3) is 2.47. The van der Waals surface area contributed by atoms with E-state index in [2.05, 4.69) is 20.3 Å². The maximum Gasteiger partial charge on any atom is 0.119 e. The second kappa shape index (κ2) is 5.69. The van der Waals surface area contributed by atoms with Crippen molar-refractivity contribution < 1.29 is 5.11 Å². The van der Waals surface area contributed by atoms with Crippen molar-refractivity contribution in [2.75, 3.05) is 13.1 Å². The van der Waals surface area contributed by atoms with E-state index in [1.54, 1.807) is 24.7 Å². The summed E-state index contributed by atoms with van der Waals surface area (Å²) in [5.74, 6) is 0.890. The van der Waals surface area contributed by atoms with Gasteiger partial charge in [-0.25, -0.2) is 0 Å². The molecule has 1 atom stereocenters. The molecule has 0 bridgehead atoms. The number of para-hydroxylation sites is 1. The summed E-state index contributed by atoms with van der Waals surface area (Å²) in [5.41, 5.74) is 1.57. The van der Waals surface area contributed by atoms with Crippen LogP contribution in [0, 0.1) is 0 Å². The van der Waals surface area contributed by atoms with Gasteiger partial charge in [0, 0.05) is 37.2 Å². The van der Waals surface area contributed by atoms with Gasteiger partial charge >= 0.3 is 0 Å². The van der Waals surface area contributed by atoms with E-state index in [0.29, 0.717) is 0 Å². The van der Waals surface area contributed by atoms with Crippen LogP contribution >= 0.6 is 0 Å². The molecule has 20 heavy (non-hydrogen) atoms. The fourth-order valence-electron chi connectivity index (χ4n) is 2.38. The number of nitrogens with one attached hydrogen (secondary N) is 1. The lowest BCUT2D eigenvalue weighted by Crippen LogP contribution is -2.35. The van der Waals surface area contributed by atoms with Crippen LogP contribution in [0.2, 0.25) is 0 Å². The molecule has 0 aliphatic carbocycles. The molecule has 102 valence electrons. The number of aliphatic imine (C=N–C) groups is 1. The van der Waals surface area contributed by atoms with Gasteiger partial charge in [0.2, 0.25) is 0 Å². The van der Waals surface area contributed by atoms with Crippen molar-refractivity contribution in [1.29, 1.82) is 0 Å². The highest BCUT2D eigenvalue weighted by atomic mass is 16.3. The molecule has 1 aliphatic rings. The SMILES string of the molecule is Oc1ccccc1C(C1=NCCCN1)c1cnccn1. The summed E-state index contributed by atoms with van der Waals surface area (Å²) in [6.45, 7) is 1.69. The van der Waals surface area contributed by atoms with Crippen molar-refractivity contribution in [2.24, 2.45) is 4.99 Å². The van der Waals surface area contributed by atoms with Crippen molar-refractivity contribution in [3.8, 4) is 5.75 Å². The number of hydrogen-bond donors (Lipinski definition) is 2. The Labute approximate surface area is 117 Å². The number of phenols is 1. The van der Waals surface area contributed by atoms with Crippen LogP contribution in [0.4, 0.5) is 0 Å². The van der Waals surface area contributed by atoms with E-state index >= 15 is 0 Å². The maximum atomic E-state index is 10.1. The molecule has 0 saturated heterocycles. The van der Waals surface area contributed by atoms with Gasteiger partial charge in [0.25, 0.3) is 0 Å². The minimum absolute atomic E-state index is 0.204. The van der Waals surface area contributed by atoms with Gasteiger partial charge in [0.05, 0.1) is 11.6 Å². The molecular weight excluding hydrogens is 252 g/mol. The molecule has 5 heteroatoms. The minimum Gasteiger partial charge on any atom is -0.508 e. The number of rotatable bonds is 3. The van der Waals surface area contributed by atoms with Crippen molar-refractivity contribution in [3.63, 3.8) is 0 Å². The van der Waals surface area contributed by atoms with E-state index < -0.39 is 0 Å². The summed E-state index contributed by atoms with van der Waals surface area (Å²) >= 11 is 0. The van der Waals surface area contributed by atoms with Crippen LogP contribution in [0.15, 0.2) is 47.8 Å². The molecule has 2 heterocycles. The monoisotopic (exact) mass is 268 g/mol. The zero-order valence-electron chi connectivity index (χ0n) is 11.0. The largest absolute Gasteiger partial charge is 0.508 e. The Morgan fingerprint density at radius 3 is 2.80 bits per heavy atom. The fourth-order valence-corrected chi connectivity index (χ4v) is 2.38. The number of phenolic OH excluding ortho intramolecular Hbond substituents is 1. The maximum absolute atomic E-state index is 10.1. The first-order chi connectivity index (χ1) is 9.86. The third-order valence-corrected chi connectivity index (χ3v) is 3.32. The summed E-state index contributed by atoms with van der Waals surface area (Å²) in [5, 5.41) is 13.5. The topological polar surface area (TPSA) is 70.4 Å². The Hall–Kier alpha value is -2.43. The van der Waals surface area contributed by atoms with Crippen LogP contribution in [0.25, 0.3) is 0 Å². The predicted octanol–water partition coefficient (Wildman–Crippen LogP) is 1.71. The summed E-state index contributed by atoms with van der Waals surface area (Å²) in [6.07, 6.45) is 6.04. The van der Waals surface area contributed by atoms with Crippen LogP contribution in [0.3, 0.4) is 0 Å². The highest BCUT2D eigenvalue weighted by Gasteiger charge is 2.25. The van der Waals surface area contributed by atoms with Gasteiger partial charge in [-0.3, -0.25) is 15.0 Å². The summed E-state index contributed by atoms with van der Waals surface area (Å²) in [6, 6.07) is 7.29. The standard InChI is InChI=1S/C15H16N4O/c20-13-5-2-1-4-11(13)14(12-10-16-8-9-17-12)15-18-6-3-7-19-15/h1-2,4-5,8-10,14,20H,3,6-7H2,(H,18,19). The van der Waals surface area contributed by atoms with E-state index in [9.17, 15) is 5.11 Å². The number of benzene rings is 1. The van der Waals surface area contributed by atoms with E-state index in [-0.39, 0.29) is 11.7 Å². The van der Waals surface area contributed by atoms with Crippen molar-refractivity contribution in [3.05, 3.63) is 54.1 Å². The van der Waals surface area contributed by atoms with E-state index in [4.69, 9.17) is 0 Å². The number of amidine groups is 1. The Bertz CT molecular complexity index is 612. The molecule has 3 rings (SSSR count). The number of hydrogen-bond acceptors (Lipinski definition) is 5. The fraction of sp³-hybridized carbons (Fsp3) is 0.267. The third-order valence-electron chi connectivity index (χ3n) is 3.32. The van der Waals surface area contributed by atoms with Gasteiger partial charge in [-0.05, 0) is 12.5 Å². The van der Waals surface area contributed by atoms with Gasteiger partial charge in [-0.15, -0.1) is 0 Å². The van der Waals surface area contributed by atoms with Crippen LogP contribution in [0.5, 0.6) is 5.75 Å². The highest BCUT2D eigenvalue weighted by molar-refractivity contribution is 5.92. The van der Waals surface area contributed by atoms with Gasteiger partial charge in [0.15, 0.2) is 0 Å². The van der Waals surface area contributed by atoms with Gasteiger partial charge < -0.3 is 10.4 Å². The number of aromatic nitrogens is 2. The predicted molar refractivity (Wildman–Crippen MR) is 76.9 cm³/mol. The van der Waals surface area contributed by atoms with Gasteiger partial charge in [0.1, 0.15) is 11.6 Å². The van der Waals surface area contributed by atoms with Gasteiger partial charge in [-0.1, -0.05) is 18.2 Å². The van der Waals surface area contributed by atoms with Crippen LogP contribution in [-0.2, 0) is 0 Å². The zero-order chi connectivity index (χ0) is 13.8. The molecule has 2 N–H and O–H groups in total. The lowest BCUT2D eigenvalue weighted by atomic mass is 9.93. The molecule has 1 aliphatic heterocycles. The lowest BCUT2D eigenvalue weighted by molar-refractivity contribution is 0.467. The lowest BCUT2D eigenvalue weighted by Gasteiger charge is -2.23. The van der Waals surface area contributed by atoms with E-state index in [1.807, 2.05) is 18.2 Å². The van der Waals surface area contributed by atoms with Crippen LogP contribution in [-0.4, -0.2) is 34.0 Å².